The normalized spacial score (nSPS) is 24.5. The molecule has 3 aromatic heterocycles. The van der Waals surface area contributed by atoms with Crippen LogP contribution in [-0.2, 0) is 19.9 Å². The number of aromatic nitrogens is 4. The number of nitrogens with zero attached hydrogens (tertiary/aromatic N) is 7. The van der Waals surface area contributed by atoms with E-state index in [4.69, 9.17) is 24.7 Å². The molecule has 2 fully saturated rings. The Morgan fingerprint density at radius 3 is 2.54 bits per heavy atom. The highest BCUT2D eigenvalue weighted by atomic mass is 32.2. The Labute approximate surface area is 243 Å². The van der Waals surface area contributed by atoms with Crippen LogP contribution in [-0.4, -0.2) is 79.9 Å². The first-order valence-corrected chi connectivity index (χ1v) is 16.6. The highest BCUT2D eigenvalue weighted by Crippen LogP contribution is 2.53. The van der Waals surface area contributed by atoms with E-state index in [1.807, 2.05) is 24.5 Å². The SMILES string of the molecule is CN1CCC(c2ccc(Nc3ncc4c(n3)N(c3cccc(N=S(C)(C)=O)n3)[C@H]3CC(C)(C)OC[C@@]43C)cn2)CC1. The average Bonchev–Trinajstić information content (AvgIpc) is 3.15. The molecule has 41 heavy (non-hydrogen) atoms. The second kappa shape index (κ2) is 10.3. The molecular formula is C30H40N8O2S. The maximum atomic E-state index is 12.4. The molecule has 3 aromatic rings. The standard InChI is InChI=1S/C30H40N8O2S/c1-29(2)16-24-30(3,19-40-29)22-18-32-28(33-21-10-11-23(31-17-21)20-12-14-37(4)15-13-20)35-27(22)38(24)26-9-7-8-25(34-26)36-41(5,6)39/h7-11,17-18,20,24H,12-16,19H2,1-6H3,(H,32,33,35)/t24-,30-/m0/s1. The van der Waals surface area contributed by atoms with Crippen molar-refractivity contribution in [3.8, 4) is 0 Å². The third kappa shape index (κ3) is 5.67. The predicted octanol–water partition coefficient (Wildman–Crippen LogP) is 5.16. The molecule has 11 heteroatoms. The number of hydrogen-bond donors (Lipinski definition) is 1. The molecule has 0 aromatic carbocycles. The van der Waals surface area contributed by atoms with Gasteiger partial charge in [-0.3, -0.25) is 4.98 Å². The smallest absolute Gasteiger partial charge is 0.229 e. The maximum Gasteiger partial charge on any atom is 0.229 e. The maximum absolute atomic E-state index is 12.4. The molecule has 3 aliphatic rings. The van der Waals surface area contributed by atoms with Gasteiger partial charge in [0.15, 0.2) is 5.82 Å². The summed E-state index contributed by atoms with van der Waals surface area (Å²) in [7, 11) is -0.181. The van der Waals surface area contributed by atoms with Crippen molar-refractivity contribution in [2.45, 2.75) is 63.0 Å². The molecule has 218 valence electrons. The Bertz CT molecular complexity index is 1550. The molecule has 0 unspecified atom stereocenters. The molecule has 1 N–H and O–H groups in total. The summed E-state index contributed by atoms with van der Waals surface area (Å²) in [6, 6.07) is 9.89. The van der Waals surface area contributed by atoms with Crippen molar-refractivity contribution in [1.29, 1.82) is 0 Å². The van der Waals surface area contributed by atoms with Crippen molar-refractivity contribution in [3.05, 3.63) is 54.0 Å². The van der Waals surface area contributed by atoms with Crippen molar-refractivity contribution in [3.63, 3.8) is 0 Å². The first-order chi connectivity index (χ1) is 19.4. The lowest BCUT2D eigenvalue weighted by atomic mass is 9.73. The van der Waals surface area contributed by atoms with Crippen molar-refractivity contribution in [2.24, 2.45) is 4.36 Å². The lowest BCUT2D eigenvalue weighted by molar-refractivity contribution is -0.0893. The van der Waals surface area contributed by atoms with E-state index in [1.165, 1.54) is 0 Å². The Morgan fingerprint density at radius 2 is 1.83 bits per heavy atom. The summed E-state index contributed by atoms with van der Waals surface area (Å²) in [4.78, 5) is 23.9. The van der Waals surface area contributed by atoms with Gasteiger partial charge in [0.2, 0.25) is 5.95 Å². The minimum atomic E-state index is -2.36. The molecule has 3 aliphatic heterocycles. The number of pyridine rings is 2. The molecule has 6 rings (SSSR count). The van der Waals surface area contributed by atoms with Crippen LogP contribution >= 0.6 is 0 Å². The highest BCUT2D eigenvalue weighted by Gasteiger charge is 2.55. The average molecular weight is 577 g/mol. The predicted molar refractivity (Wildman–Crippen MR) is 163 cm³/mol. The molecule has 0 spiro atoms. The van der Waals surface area contributed by atoms with Gasteiger partial charge in [-0.25, -0.2) is 14.2 Å². The van der Waals surface area contributed by atoms with E-state index in [-0.39, 0.29) is 17.1 Å². The van der Waals surface area contributed by atoms with Crippen LogP contribution in [0.25, 0.3) is 0 Å². The summed E-state index contributed by atoms with van der Waals surface area (Å²) in [5, 5.41) is 3.37. The summed E-state index contributed by atoms with van der Waals surface area (Å²) in [5.74, 6) is 2.96. The Hall–Kier alpha value is -3.15. The molecule has 0 aliphatic carbocycles. The zero-order chi connectivity index (χ0) is 29.0. The largest absolute Gasteiger partial charge is 0.374 e. The Morgan fingerprint density at radius 1 is 1.05 bits per heavy atom. The van der Waals surface area contributed by atoms with E-state index in [9.17, 15) is 4.21 Å². The van der Waals surface area contributed by atoms with Crippen LogP contribution in [0, 0.1) is 0 Å². The lowest BCUT2D eigenvalue weighted by Gasteiger charge is -2.46. The van der Waals surface area contributed by atoms with Gasteiger partial charge >= 0.3 is 0 Å². The molecule has 0 radical (unpaired) electrons. The van der Waals surface area contributed by atoms with Gasteiger partial charge in [-0.2, -0.15) is 9.35 Å². The molecule has 0 saturated carbocycles. The number of hydrogen-bond acceptors (Lipinski definition) is 10. The van der Waals surface area contributed by atoms with Gasteiger partial charge < -0.3 is 19.9 Å². The van der Waals surface area contributed by atoms with Crippen LogP contribution in [0.2, 0.25) is 0 Å². The fraction of sp³-hybridized carbons (Fsp3) is 0.533. The molecule has 2 saturated heterocycles. The van der Waals surface area contributed by atoms with Gasteiger partial charge in [0.05, 0.1) is 30.1 Å². The molecule has 2 atom stereocenters. The lowest BCUT2D eigenvalue weighted by Crippen LogP contribution is -2.54. The van der Waals surface area contributed by atoms with Gasteiger partial charge in [0, 0.05) is 51.0 Å². The van der Waals surface area contributed by atoms with Gasteiger partial charge in [0.25, 0.3) is 0 Å². The molecular weight excluding hydrogens is 536 g/mol. The minimum Gasteiger partial charge on any atom is -0.374 e. The number of rotatable bonds is 5. The van der Waals surface area contributed by atoms with E-state index in [1.54, 1.807) is 18.6 Å². The van der Waals surface area contributed by atoms with Crippen LogP contribution < -0.4 is 10.2 Å². The number of ether oxygens (including phenoxy) is 1. The second-order valence-corrected chi connectivity index (χ2v) is 15.3. The van der Waals surface area contributed by atoms with Gasteiger partial charge in [0.1, 0.15) is 11.6 Å². The quantitative estimate of drug-likeness (QED) is 0.441. The molecule has 10 nitrogen and oxygen atoms in total. The summed E-state index contributed by atoms with van der Waals surface area (Å²) < 4.78 is 23.1. The van der Waals surface area contributed by atoms with Crippen LogP contribution in [0.1, 0.15) is 57.2 Å². The third-order valence-corrected chi connectivity index (χ3v) is 9.19. The van der Waals surface area contributed by atoms with E-state index < -0.39 is 9.73 Å². The second-order valence-electron chi connectivity index (χ2n) is 12.8. The van der Waals surface area contributed by atoms with Crippen molar-refractivity contribution < 1.29 is 8.95 Å². The summed E-state index contributed by atoms with van der Waals surface area (Å²) in [5.41, 5.74) is 2.39. The van der Waals surface area contributed by atoms with E-state index in [2.05, 4.69) is 59.4 Å². The number of anilines is 4. The Kier molecular flexibility index (Phi) is 7.02. The number of likely N-dealkylation sites (tertiary alicyclic amines) is 1. The first kappa shape index (κ1) is 28.0. The minimum absolute atomic E-state index is 0.0525. The molecule has 6 heterocycles. The fourth-order valence-electron chi connectivity index (χ4n) is 6.24. The first-order valence-electron chi connectivity index (χ1n) is 14.3. The van der Waals surface area contributed by atoms with Crippen molar-refractivity contribution in [1.82, 2.24) is 24.8 Å². The third-order valence-electron chi connectivity index (χ3n) is 8.57. The Balaban J connectivity index is 1.34. The summed E-state index contributed by atoms with van der Waals surface area (Å²) in [6.07, 6.45) is 10.1. The number of piperidine rings is 1. The topological polar surface area (TPSA) is 109 Å². The van der Waals surface area contributed by atoms with E-state index in [0.29, 0.717) is 24.3 Å². The van der Waals surface area contributed by atoms with Crippen LogP contribution in [0.3, 0.4) is 0 Å². The summed E-state index contributed by atoms with van der Waals surface area (Å²) >= 11 is 0. The molecule has 0 amide bonds. The monoisotopic (exact) mass is 576 g/mol. The van der Waals surface area contributed by atoms with E-state index >= 15 is 0 Å². The van der Waals surface area contributed by atoms with Gasteiger partial charge in [-0.05, 0) is 77.5 Å². The van der Waals surface area contributed by atoms with Crippen molar-refractivity contribution >= 4 is 38.8 Å². The summed E-state index contributed by atoms with van der Waals surface area (Å²) in [6.45, 7) is 9.22. The van der Waals surface area contributed by atoms with Gasteiger partial charge in [-0.1, -0.05) is 13.0 Å². The van der Waals surface area contributed by atoms with E-state index in [0.717, 1.165) is 60.9 Å². The zero-order valence-corrected chi connectivity index (χ0v) is 25.6. The zero-order valence-electron chi connectivity index (χ0n) is 24.8. The van der Waals surface area contributed by atoms with Crippen LogP contribution in [0.4, 0.5) is 29.1 Å². The fourth-order valence-corrected chi connectivity index (χ4v) is 6.79. The highest BCUT2D eigenvalue weighted by molar-refractivity contribution is 7.92. The number of fused-ring (bicyclic) bond motifs is 3. The van der Waals surface area contributed by atoms with Crippen LogP contribution in [0.5, 0.6) is 0 Å². The van der Waals surface area contributed by atoms with Gasteiger partial charge in [-0.15, -0.1) is 0 Å². The molecule has 0 bridgehead atoms. The van der Waals surface area contributed by atoms with Crippen LogP contribution in [0.15, 0.2) is 47.1 Å². The van der Waals surface area contributed by atoms with Crippen molar-refractivity contribution in [2.75, 3.05) is 49.5 Å². The number of nitrogens with one attached hydrogen (secondary N) is 1.